The van der Waals surface area contributed by atoms with Crippen LogP contribution in [0, 0.1) is 0 Å². The van der Waals surface area contributed by atoms with Crippen LogP contribution in [-0.4, -0.2) is 28.7 Å². The zero-order valence-corrected chi connectivity index (χ0v) is 17.2. The normalized spacial score (nSPS) is 15.5. The van der Waals surface area contributed by atoms with Crippen LogP contribution in [0.1, 0.15) is 56.7 Å². The highest BCUT2D eigenvalue weighted by Gasteiger charge is 2.36. The van der Waals surface area contributed by atoms with E-state index in [1.807, 2.05) is 36.5 Å². The van der Waals surface area contributed by atoms with Crippen LogP contribution in [0.3, 0.4) is 0 Å². The summed E-state index contributed by atoms with van der Waals surface area (Å²) in [4.78, 5) is 24.7. The summed E-state index contributed by atoms with van der Waals surface area (Å²) in [5.74, 6) is -0.244. The van der Waals surface area contributed by atoms with Crippen molar-refractivity contribution in [1.29, 1.82) is 0 Å². The van der Waals surface area contributed by atoms with Gasteiger partial charge in [0.05, 0.1) is 25.1 Å². The van der Waals surface area contributed by atoms with Gasteiger partial charge in [0.15, 0.2) is 0 Å². The molecular weight excluding hydrogens is 366 g/mol. The molecule has 3 rings (SSSR count). The first kappa shape index (κ1) is 21.0. The molecule has 6 nitrogen and oxygen atoms in total. The third kappa shape index (κ3) is 6.11. The monoisotopic (exact) mass is 397 g/mol. The minimum Gasteiger partial charge on any atom is -0.466 e. The van der Waals surface area contributed by atoms with E-state index in [4.69, 9.17) is 4.74 Å². The molecule has 2 N–H and O–H groups in total. The quantitative estimate of drug-likeness (QED) is 0.662. The number of benzene rings is 1. The van der Waals surface area contributed by atoms with Crippen molar-refractivity contribution in [3.8, 4) is 0 Å². The number of hydrogen-bond donors (Lipinski definition) is 2. The number of amides is 2. The van der Waals surface area contributed by atoms with E-state index >= 15 is 0 Å². The van der Waals surface area contributed by atoms with Crippen LogP contribution in [0.4, 0.5) is 4.79 Å². The van der Waals surface area contributed by atoms with Crippen LogP contribution >= 0.6 is 0 Å². The predicted molar refractivity (Wildman–Crippen MR) is 112 cm³/mol. The summed E-state index contributed by atoms with van der Waals surface area (Å²) in [7, 11) is 0. The average Bonchev–Trinajstić information content (AvgIpc) is 3.15. The number of carbonyl (C=O) groups excluding carboxylic acids is 2. The molecule has 29 heavy (non-hydrogen) atoms. The molecule has 1 saturated carbocycles. The molecular formula is C23H31N3O3. The molecule has 6 heteroatoms. The Balaban J connectivity index is 1.57. The van der Waals surface area contributed by atoms with Gasteiger partial charge in [-0.25, -0.2) is 4.79 Å². The lowest BCUT2D eigenvalue weighted by Gasteiger charge is -2.37. The van der Waals surface area contributed by atoms with Gasteiger partial charge in [-0.05, 0) is 37.5 Å². The molecule has 1 fully saturated rings. The van der Waals surface area contributed by atoms with Crippen LogP contribution in [0.2, 0.25) is 0 Å². The van der Waals surface area contributed by atoms with E-state index in [0.29, 0.717) is 13.2 Å². The third-order valence-corrected chi connectivity index (χ3v) is 5.53. The van der Waals surface area contributed by atoms with E-state index in [1.165, 1.54) is 5.56 Å². The number of ether oxygens (including phenoxy) is 1. The summed E-state index contributed by atoms with van der Waals surface area (Å²) in [6, 6.07) is 14.0. The first-order chi connectivity index (χ1) is 14.1. The maximum atomic E-state index is 12.6. The Morgan fingerprint density at radius 1 is 1.07 bits per heavy atom. The molecule has 0 bridgehead atoms. The third-order valence-electron chi connectivity index (χ3n) is 5.53. The molecule has 2 amide bonds. The zero-order valence-electron chi connectivity index (χ0n) is 17.2. The van der Waals surface area contributed by atoms with E-state index in [2.05, 4.69) is 27.3 Å². The number of esters is 1. The van der Waals surface area contributed by atoms with Gasteiger partial charge in [-0.15, -0.1) is 0 Å². The molecule has 1 aromatic carbocycles. The summed E-state index contributed by atoms with van der Waals surface area (Å²) in [5.41, 5.74) is 1.75. The molecule has 0 saturated heterocycles. The summed E-state index contributed by atoms with van der Waals surface area (Å²) in [6.07, 6.45) is 7.04. The molecule has 1 aromatic heterocycles. The molecule has 2 aromatic rings. The summed E-state index contributed by atoms with van der Waals surface area (Å²) >= 11 is 0. The molecule has 156 valence electrons. The molecule has 0 atom stereocenters. The van der Waals surface area contributed by atoms with Gasteiger partial charge >= 0.3 is 12.0 Å². The van der Waals surface area contributed by atoms with Crippen molar-refractivity contribution in [2.24, 2.45) is 0 Å². The van der Waals surface area contributed by atoms with Crippen molar-refractivity contribution in [1.82, 2.24) is 15.2 Å². The summed E-state index contributed by atoms with van der Waals surface area (Å²) in [6.45, 7) is 3.36. The molecule has 0 aliphatic heterocycles. The van der Waals surface area contributed by atoms with Gasteiger partial charge in [0.25, 0.3) is 0 Å². The minimum atomic E-state index is -0.499. The maximum Gasteiger partial charge on any atom is 0.315 e. The van der Waals surface area contributed by atoms with Gasteiger partial charge in [0.2, 0.25) is 0 Å². The Hall–Kier alpha value is -2.76. The van der Waals surface area contributed by atoms with Crippen molar-refractivity contribution < 1.29 is 14.3 Å². The molecule has 1 aliphatic rings. The van der Waals surface area contributed by atoms with Crippen LogP contribution in [0.25, 0.3) is 0 Å². The lowest BCUT2D eigenvalue weighted by Crippen LogP contribution is -2.54. The number of carbonyl (C=O) groups is 2. The number of rotatable bonds is 8. The Morgan fingerprint density at radius 2 is 1.83 bits per heavy atom. The summed E-state index contributed by atoms with van der Waals surface area (Å²) in [5, 5.41) is 6.06. The van der Waals surface area contributed by atoms with Crippen molar-refractivity contribution >= 4 is 12.0 Å². The van der Waals surface area contributed by atoms with E-state index < -0.39 is 5.54 Å². The largest absolute Gasteiger partial charge is 0.466 e. The Labute approximate surface area is 172 Å². The Bertz CT molecular complexity index is 795. The van der Waals surface area contributed by atoms with Gasteiger partial charge < -0.3 is 19.9 Å². The van der Waals surface area contributed by atoms with Gasteiger partial charge in [-0.2, -0.15) is 0 Å². The van der Waals surface area contributed by atoms with E-state index in [-0.39, 0.29) is 18.4 Å². The number of urea groups is 1. The number of hydrogen-bond acceptors (Lipinski definition) is 3. The maximum absolute atomic E-state index is 12.6. The van der Waals surface area contributed by atoms with Crippen LogP contribution in [0.5, 0.6) is 0 Å². The van der Waals surface area contributed by atoms with Crippen molar-refractivity contribution in [3.05, 3.63) is 59.9 Å². The molecule has 0 spiro atoms. The highest BCUT2D eigenvalue weighted by Crippen LogP contribution is 2.31. The SMILES string of the molecule is CCOC(=O)CC1(NC(=O)NCc2cccn2Cc2ccccc2)CCCCC1. The average molecular weight is 398 g/mol. The molecule has 1 aliphatic carbocycles. The molecule has 0 unspecified atom stereocenters. The fraction of sp³-hybridized carbons (Fsp3) is 0.478. The zero-order chi connectivity index (χ0) is 20.5. The Kier molecular flexibility index (Phi) is 7.33. The Morgan fingerprint density at radius 3 is 2.55 bits per heavy atom. The van der Waals surface area contributed by atoms with Crippen molar-refractivity contribution in [3.63, 3.8) is 0 Å². The van der Waals surface area contributed by atoms with Crippen molar-refractivity contribution in [2.75, 3.05) is 6.61 Å². The van der Waals surface area contributed by atoms with E-state index in [0.717, 1.165) is 44.3 Å². The molecule has 1 heterocycles. The highest BCUT2D eigenvalue weighted by atomic mass is 16.5. The fourth-order valence-corrected chi connectivity index (χ4v) is 4.06. The predicted octanol–water partition coefficient (Wildman–Crippen LogP) is 3.99. The standard InChI is InChI=1S/C23H31N3O3/c1-2-29-21(27)16-23(13-7-4-8-14-23)25-22(28)24-17-20-12-9-15-26(20)18-19-10-5-3-6-11-19/h3,5-6,9-12,15H,2,4,7-8,13-14,16-18H2,1H3,(H2,24,25,28). The molecule has 0 radical (unpaired) electrons. The van der Waals surface area contributed by atoms with Gasteiger partial charge in [0.1, 0.15) is 0 Å². The van der Waals surface area contributed by atoms with Crippen LogP contribution in [0.15, 0.2) is 48.7 Å². The first-order valence-corrected chi connectivity index (χ1v) is 10.5. The number of nitrogens with zero attached hydrogens (tertiary/aromatic N) is 1. The van der Waals surface area contributed by atoms with Gasteiger partial charge in [-0.1, -0.05) is 49.6 Å². The smallest absolute Gasteiger partial charge is 0.315 e. The highest BCUT2D eigenvalue weighted by molar-refractivity contribution is 5.77. The van der Waals surface area contributed by atoms with Crippen molar-refractivity contribution in [2.45, 2.75) is 64.1 Å². The second-order valence-corrected chi connectivity index (χ2v) is 7.74. The minimum absolute atomic E-state index is 0.233. The van der Waals surface area contributed by atoms with Gasteiger partial charge in [0, 0.05) is 18.4 Å². The van der Waals surface area contributed by atoms with Crippen LogP contribution in [-0.2, 0) is 22.6 Å². The number of nitrogens with one attached hydrogen (secondary N) is 2. The second kappa shape index (κ2) is 10.1. The second-order valence-electron chi connectivity index (χ2n) is 7.74. The van der Waals surface area contributed by atoms with Gasteiger partial charge in [-0.3, -0.25) is 4.79 Å². The lowest BCUT2D eigenvalue weighted by molar-refractivity contribution is -0.145. The summed E-state index contributed by atoms with van der Waals surface area (Å²) < 4.78 is 7.26. The van der Waals surface area contributed by atoms with Crippen LogP contribution < -0.4 is 10.6 Å². The van der Waals surface area contributed by atoms with E-state index in [9.17, 15) is 9.59 Å². The first-order valence-electron chi connectivity index (χ1n) is 10.5. The number of aromatic nitrogens is 1. The topological polar surface area (TPSA) is 72.4 Å². The lowest BCUT2D eigenvalue weighted by atomic mass is 9.79. The van der Waals surface area contributed by atoms with E-state index in [1.54, 1.807) is 6.92 Å². The fourth-order valence-electron chi connectivity index (χ4n) is 4.06.